The molecule has 0 saturated heterocycles. The zero-order chi connectivity index (χ0) is 0. The van der Waals surface area contributed by atoms with Crippen LogP contribution in [0.25, 0.3) is 0 Å². The van der Waals surface area contributed by atoms with Crippen molar-refractivity contribution in [2.24, 2.45) is 0 Å². The molecule has 0 aromatic heterocycles. The van der Waals surface area contributed by atoms with Gasteiger partial charge in [0.2, 0.25) is 0 Å². The molecule has 0 aliphatic heterocycles. The van der Waals surface area contributed by atoms with E-state index in [-0.39, 0.29) is 315 Å². The van der Waals surface area contributed by atoms with Crippen LogP contribution in [0.5, 0.6) is 0 Å². The molecule has 0 aliphatic rings. The molecular weight excluding hydrogens is 246 g/mol. The summed E-state index contributed by atoms with van der Waals surface area (Å²) in [5.74, 6) is 0. The Hall–Kier alpha value is 9.96. The Morgan fingerprint density at radius 3 is 0.273 bits per heavy atom. The Labute approximate surface area is 306 Å². The first kappa shape index (κ1) is 84.2. The molecule has 1 nitrogen and oxygen atoms in total. The average molecular weight is 258 g/mol. The first-order valence-electron chi connectivity index (χ1n) is 0. The van der Waals surface area contributed by atoms with Gasteiger partial charge in [0.15, 0.2) is 0 Å². The molecule has 11 heavy (non-hydrogen) atoms. The summed E-state index contributed by atoms with van der Waals surface area (Å²) in [6.45, 7) is 0. The summed E-state index contributed by atoms with van der Waals surface area (Å²) in [6.07, 6.45) is 0. The maximum Gasteiger partial charge on any atom is 1.00 e. The van der Waals surface area contributed by atoms with E-state index in [1.54, 1.807) is 0 Å². The smallest absolute Gasteiger partial charge is 1.00 e. The van der Waals surface area contributed by atoms with Gasteiger partial charge < -0.3 is 19.7 Å². The summed E-state index contributed by atoms with van der Waals surface area (Å²) in [6, 6.07) is 0. The summed E-state index contributed by atoms with van der Waals surface area (Å²) in [7, 11) is 0. The van der Waals surface area contributed by atoms with Crippen molar-refractivity contribution in [3.8, 4) is 0 Å². The Balaban J connectivity index is 0. The van der Waals surface area contributed by atoms with Gasteiger partial charge in [-0.25, -0.2) is 0 Å². The van der Waals surface area contributed by atoms with Crippen LogP contribution in [-0.2, 0) is 0 Å². The Morgan fingerprint density at radius 2 is 0.273 bits per heavy atom. The Morgan fingerprint density at radius 1 is 0.273 bits per heavy atom. The molecular formula is H12Na10O. The monoisotopic (exact) mass is 258 g/mol. The average Bonchev–Trinajstić information content (AvgIpc) is 0. The molecule has 0 aromatic rings. The van der Waals surface area contributed by atoms with Crippen LogP contribution in [0, 0.1) is 0 Å². The van der Waals surface area contributed by atoms with Crippen molar-refractivity contribution >= 4 is 0 Å². The van der Waals surface area contributed by atoms with E-state index in [0.29, 0.717) is 0 Å². The van der Waals surface area contributed by atoms with Gasteiger partial charge in [0.1, 0.15) is 0 Å². The standard InChI is InChI=1S/10Na.H2O.10H/h;;;;;;;;;;1H2;;;;;;;;;;/q10*+1;;10*-1. The molecule has 28 valence electrons. The molecule has 2 N–H and O–H groups in total. The predicted molar refractivity (Wildman–Crippen MR) is 14.7 cm³/mol. The van der Waals surface area contributed by atoms with Gasteiger partial charge in [-0.2, -0.15) is 0 Å². The predicted octanol–water partition coefficient (Wildman–Crippen LogP) is -29.7. The number of hydrogen-bond donors (Lipinski definition) is 0. The van der Waals surface area contributed by atoms with Crippen LogP contribution < -0.4 is 296 Å². The molecule has 11 heteroatoms. The minimum absolute atomic E-state index is 0. The molecule has 0 bridgehead atoms. The van der Waals surface area contributed by atoms with Crippen LogP contribution in [0.3, 0.4) is 0 Å². The van der Waals surface area contributed by atoms with E-state index < -0.39 is 0 Å². The van der Waals surface area contributed by atoms with Crippen LogP contribution in [0.15, 0.2) is 0 Å². The van der Waals surface area contributed by atoms with Gasteiger partial charge in [0.05, 0.1) is 0 Å². The molecule has 0 aliphatic carbocycles. The molecule has 0 saturated carbocycles. The SMILES string of the molecule is O.[H-].[H-].[H-].[H-].[H-].[H-].[H-].[H-].[H-].[H-].[Na+].[Na+].[Na+].[Na+].[Na+].[Na+].[Na+].[Na+].[Na+].[Na+]. The molecule has 0 fully saturated rings. The normalized spacial score (nSPS) is 0. The third kappa shape index (κ3) is 64.9. The molecule has 0 unspecified atom stereocenters. The molecule has 0 atom stereocenters. The van der Waals surface area contributed by atoms with Crippen molar-refractivity contribution in [3.63, 3.8) is 0 Å². The van der Waals surface area contributed by atoms with E-state index in [2.05, 4.69) is 0 Å². The van der Waals surface area contributed by atoms with Crippen molar-refractivity contribution < 1.29 is 315 Å². The molecule has 0 spiro atoms. The Bertz CT molecular complexity index is 25.8. The largest absolute Gasteiger partial charge is 1.00 e. The second kappa shape index (κ2) is 72.3. The molecule has 0 rings (SSSR count). The molecule has 0 amide bonds. The van der Waals surface area contributed by atoms with E-state index in [9.17, 15) is 0 Å². The van der Waals surface area contributed by atoms with Gasteiger partial charge in [-0.1, -0.05) is 0 Å². The minimum atomic E-state index is 0. The maximum atomic E-state index is 0. The van der Waals surface area contributed by atoms with Crippen molar-refractivity contribution in [1.29, 1.82) is 0 Å². The zero-order valence-corrected chi connectivity index (χ0v) is 30.5. The summed E-state index contributed by atoms with van der Waals surface area (Å²) in [5, 5.41) is 0. The first-order chi connectivity index (χ1) is 0. The minimum Gasteiger partial charge on any atom is -1.00 e. The van der Waals surface area contributed by atoms with E-state index in [1.165, 1.54) is 0 Å². The number of hydrogen-bond acceptors (Lipinski definition) is 0. The van der Waals surface area contributed by atoms with E-state index in [0.717, 1.165) is 0 Å². The summed E-state index contributed by atoms with van der Waals surface area (Å²) in [5.41, 5.74) is 0. The third-order valence-electron chi connectivity index (χ3n) is 0. The van der Waals surface area contributed by atoms with Gasteiger partial charge in [-0.15, -0.1) is 0 Å². The van der Waals surface area contributed by atoms with Crippen molar-refractivity contribution in [2.45, 2.75) is 0 Å². The van der Waals surface area contributed by atoms with Crippen LogP contribution in [0.4, 0.5) is 0 Å². The van der Waals surface area contributed by atoms with Gasteiger partial charge in [-0.05, 0) is 0 Å². The second-order valence-electron chi connectivity index (χ2n) is 0. The van der Waals surface area contributed by atoms with Crippen LogP contribution in [0.2, 0.25) is 0 Å². The van der Waals surface area contributed by atoms with Crippen molar-refractivity contribution in [2.75, 3.05) is 0 Å². The van der Waals surface area contributed by atoms with Crippen LogP contribution in [0.1, 0.15) is 14.3 Å². The van der Waals surface area contributed by atoms with E-state index in [1.807, 2.05) is 0 Å². The fourth-order valence-corrected chi connectivity index (χ4v) is 0. The van der Waals surface area contributed by atoms with Gasteiger partial charge in [0, 0.05) is 0 Å². The quantitative estimate of drug-likeness (QED) is 0.386. The van der Waals surface area contributed by atoms with Crippen LogP contribution in [-0.4, -0.2) is 5.48 Å². The van der Waals surface area contributed by atoms with Gasteiger partial charge in [0.25, 0.3) is 0 Å². The maximum absolute atomic E-state index is 0. The van der Waals surface area contributed by atoms with Gasteiger partial charge >= 0.3 is 296 Å². The molecule has 0 aromatic carbocycles. The third-order valence-corrected chi connectivity index (χ3v) is 0. The van der Waals surface area contributed by atoms with Gasteiger partial charge in [-0.3, -0.25) is 0 Å². The second-order valence-corrected chi connectivity index (χ2v) is 0. The van der Waals surface area contributed by atoms with E-state index in [4.69, 9.17) is 0 Å². The fourth-order valence-electron chi connectivity index (χ4n) is 0. The van der Waals surface area contributed by atoms with Crippen molar-refractivity contribution in [1.82, 2.24) is 0 Å². The van der Waals surface area contributed by atoms with Crippen LogP contribution >= 0.6 is 0 Å². The summed E-state index contributed by atoms with van der Waals surface area (Å²) in [4.78, 5) is 0. The summed E-state index contributed by atoms with van der Waals surface area (Å²) < 4.78 is 0. The van der Waals surface area contributed by atoms with E-state index >= 15 is 0 Å². The molecule has 0 radical (unpaired) electrons. The van der Waals surface area contributed by atoms with Crippen molar-refractivity contribution in [3.05, 3.63) is 0 Å². The zero-order valence-electron chi connectivity index (χ0n) is 20.5. The fraction of sp³-hybridized carbons (Fsp3) is 0. The molecule has 0 heterocycles. The summed E-state index contributed by atoms with van der Waals surface area (Å²) >= 11 is 0. The first-order valence-corrected chi connectivity index (χ1v) is 0. The Kier molecular flexibility index (Phi) is 554. The topological polar surface area (TPSA) is 31.5 Å². The number of rotatable bonds is 0.